The van der Waals surface area contributed by atoms with E-state index in [1.54, 1.807) is 31.5 Å². The number of aromatic nitrogens is 4. The van der Waals surface area contributed by atoms with E-state index in [1.165, 1.54) is 12.1 Å². The van der Waals surface area contributed by atoms with Crippen molar-refractivity contribution in [2.24, 2.45) is 0 Å². The smallest absolute Gasteiger partial charge is 0.170 e. The van der Waals surface area contributed by atoms with E-state index in [1.807, 2.05) is 10.7 Å². The number of benzene rings is 1. The number of hydrogen-bond acceptors (Lipinski definition) is 7. The molecule has 0 aliphatic carbocycles. The molecule has 0 radical (unpaired) electrons. The molecule has 5 heterocycles. The fraction of sp³-hybridized carbons (Fsp3) is 0.192. The Hall–Kier alpha value is -4.76. The number of rotatable bonds is 0. The van der Waals surface area contributed by atoms with Crippen LogP contribution in [0.1, 0.15) is 53.6 Å². The van der Waals surface area contributed by atoms with E-state index in [0.717, 1.165) is 17.7 Å². The van der Waals surface area contributed by atoms with E-state index in [4.69, 9.17) is 10.5 Å². The average molecular weight is 463 g/mol. The number of pyridine rings is 2. The topological polar surface area (TPSA) is 126 Å². The maximum absolute atomic E-state index is 14.5. The van der Waals surface area contributed by atoms with Gasteiger partial charge in [0.2, 0.25) is 0 Å². The van der Waals surface area contributed by atoms with Gasteiger partial charge in [-0.15, -0.1) is 0 Å². The first-order valence-electron chi connectivity index (χ1n) is 11.1. The minimum atomic E-state index is -0.625. The van der Waals surface area contributed by atoms with Gasteiger partial charge < -0.3 is 10.5 Å². The minimum absolute atomic E-state index is 0.167. The van der Waals surface area contributed by atoms with Gasteiger partial charge in [-0.3, -0.25) is 4.68 Å². The van der Waals surface area contributed by atoms with Gasteiger partial charge in [0.15, 0.2) is 17.3 Å². The van der Waals surface area contributed by atoms with Crippen molar-refractivity contribution in [2.75, 3.05) is 5.73 Å². The molecule has 2 N–H and O–H groups in total. The van der Waals surface area contributed by atoms with Crippen LogP contribution in [-0.2, 0) is 6.54 Å². The standard InChI is InChI=1S/C26H18FN7O/c1-13-19-9-15(27)2-3-16(19)24-17(4-6-31-20(24)10-28)18-5-7-34-25(18)23(21(11-29)33-34)14-8-22(35-13)26(30)32-12-14/h2-4,6,8-9,12-13,18H,5,7H2,1H3,(H2,30,32)/t13-,18?/m1/s1. The Balaban J connectivity index is 1.76. The summed E-state index contributed by atoms with van der Waals surface area (Å²) >= 11 is 0. The molecule has 0 amide bonds. The number of hydrogen-bond donors (Lipinski definition) is 1. The molecule has 9 heteroatoms. The molecule has 4 aromatic rings. The minimum Gasteiger partial charge on any atom is -0.482 e. The fourth-order valence-electron chi connectivity index (χ4n) is 5.23. The Labute approximate surface area is 200 Å². The fourth-order valence-corrected chi connectivity index (χ4v) is 5.23. The number of aryl methyl sites for hydroxylation is 1. The molecule has 170 valence electrons. The van der Waals surface area contributed by atoms with Crippen LogP contribution in [0.3, 0.4) is 0 Å². The van der Waals surface area contributed by atoms with Crippen LogP contribution in [0.15, 0.2) is 42.7 Å². The Morgan fingerprint density at radius 2 is 1.91 bits per heavy atom. The monoisotopic (exact) mass is 463 g/mol. The van der Waals surface area contributed by atoms with Crippen LogP contribution in [-0.4, -0.2) is 19.7 Å². The van der Waals surface area contributed by atoms with Crippen LogP contribution >= 0.6 is 0 Å². The summed E-state index contributed by atoms with van der Waals surface area (Å²) in [6, 6.07) is 12.5. The molecule has 0 saturated carbocycles. The Morgan fingerprint density at radius 3 is 2.71 bits per heavy atom. The molecule has 2 bridgehead atoms. The molecule has 0 fully saturated rings. The SMILES string of the molecule is C[C@H]1Oc2cc(cnc2N)-c2c(C#N)nn3c2C(CC3)c2ccnc(C#N)c2-c2ccc(F)cc21. The van der Waals surface area contributed by atoms with E-state index in [9.17, 15) is 14.9 Å². The van der Waals surface area contributed by atoms with Crippen molar-refractivity contribution in [3.8, 4) is 40.1 Å². The zero-order chi connectivity index (χ0) is 24.3. The van der Waals surface area contributed by atoms with Crippen molar-refractivity contribution >= 4 is 5.82 Å². The molecular weight excluding hydrogens is 445 g/mol. The molecule has 0 spiro atoms. The highest BCUT2D eigenvalue weighted by molar-refractivity contribution is 5.80. The summed E-state index contributed by atoms with van der Waals surface area (Å²) in [6.07, 6.45) is 3.31. The van der Waals surface area contributed by atoms with Crippen LogP contribution in [0, 0.1) is 28.5 Å². The third-order valence-corrected chi connectivity index (χ3v) is 6.72. The van der Waals surface area contributed by atoms with E-state index in [-0.39, 0.29) is 23.1 Å². The lowest BCUT2D eigenvalue weighted by molar-refractivity contribution is 0.228. The average Bonchev–Trinajstić information content (AvgIpc) is 3.43. The van der Waals surface area contributed by atoms with Crippen molar-refractivity contribution in [3.63, 3.8) is 0 Å². The van der Waals surface area contributed by atoms with Crippen molar-refractivity contribution in [3.05, 3.63) is 76.8 Å². The van der Waals surface area contributed by atoms with Crippen LogP contribution in [0.2, 0.25) is 0 Å². The third-order valence-electron chi connectivity index (χ3n) is 6.72. The van der Waals surface area contributed by atoms with Crippen LogP contribution in [0.4, 0.5) is 10.2 Å². The first kappa shape index (κ1) is 20.8. The van der Waals surface area contributed by atoms with Gasteiger partial charge in [0.05, 0.1) is 5.69 Å². The Kier molecular flexibility index (Phi) is 4.55. The predicted molar refractivity (Wildman–Crippen MR) is 124 cm³/mol. The summed E-state index contributed by atoms with van der Waals surface area (Å²) < 4.78 is 22.5. The van der Waals surface area contributed by atoms with Gasteiger partial charge in [0.1, 0.15) is 29.8 Å². The number of nitrogens with two attached hydrogens (primary N) is 1. The number of nitriles is 2. The maximum Gasteiger partial charge on any atom is 0.170 e. The molecule has 1 unspecified atom stereocenters. The Morgan fingerprint density at radius 1 is 1.09 bits per heavy atom. The quantitative estimate of drug-likeness (QED) is 0.408. The Bertz CT molecular complexity index is 1610. The molecule has 6 rings (SSSR count). The second-order valence-corrected chi connectivity index (χ2v) is 8.62. The highest BCUT2D eigenvalue weighted by atomic mass is 19.1. The highest BCUT2D eigenvalue weighted by Gasteiger charge is 2.35. The number of halogens is 1. The van der Waals surface area contributed by atoms with Crippen LogP contribution in [0.5, 0.6) is 5.75 Å². The van der Waals surface area contributed by atoms with Crippen LogP contribution < -0.4 is 10.5 Å². The number of nitrogens with zero attached hydrogens (tertiary/aromatic N) is 6. The lowest BCUT2D eigenvalue weighted by Gasteiger charge is -2.24. The molecule has 35 heavy (non-hydrogen) atoms. The molecule has 3 aromatic heterocycles. The molecule has 2 aliphatic rings. The number of ether oxygens (including phenoxy) is 1. The van der Waals surface area contributed by atoms with Gasteiger partial charge in [-0.1, -0.05) is 6.07 Å². The number of fused-ring (bicyclic) bond motifs is 7. The summed E-state index contributed by atoms with van der Waals surface area (Å²) in [5.74, 6) is -0.0976. The van der Waals surface area contributed by atoms with Gasteiger partial charge in [-0.05, 0) is 48.7 Å². The first-order valence-corrected chi connectivity index (χ1v) is 11.1. The van der Waals surface area contributed by atoms with Gasteiger partial charge in [-0.25, -0.2) is 14.4 Å². The summed E-state index contributed by atoms with van der Waals surface area (Å²) in [6.45, 7) is 2.40. The molecule has 8 nitrogen and oxygen atoms in total. The van der Waals surface area contributed by atoms with Gasteiger partial charge in [0, 0.05) is 47.1 Å². The summed E-state index contributed by atoms with van der Waals surface area (Å²) in [7, 11) is 0. The lowest BCUT2D eigenvalue weighted by atomic mass is 9.83. The molecular formula is C26H18FN7O. The zero-order valence-corrected chi connectivity index (χ0v) is 18.7. The molecule has 0 saturated heterocycles. The van der Waals surface area contributed by atoms with Crippen molar-refractivity contribution in [1.29, 1.82) is 10.5 Å². The molecule has 2 aliphatic heterocycles. The van der Waals surface area contributed by atoms with Crippen molar-refractivity contribution < 1.29 is 9.13 Å². The summed E-state index contributed by atoms with van der Waals surface area (Å²) in [5.41, 5.74) is 11.5. The van der Waals surface area contributed by atoms with Crippen LogP contribution in [0.25, 0.3) is 22.3 Å². The molecule has 1 aromatic carbocycles. The van der Waals surface area contributed by atoms with Crippen molar-refractivity contribution in [2.45, 2.75) is 31.9 Å². The van der Waals surface area contributed by atoms with Crippen molar-refractivity contribution in [1.82, 2.24) is 19.7 Å². The van der Waals surface area contributed by atoms with Gasteiger partial charge >= 0.3 is 0 Å². The summed E-state index contributed by atoms with van der Waals surface area (Å²) in [5, 5.41) is 24.4. The second kappa shape index (κ2) is 7.64. The summed E-state index contributed by atoms with van der Waals surface area (Å²) in [4.78, 5) is 8.64. The normalized spacial score (nSPS) is 17.5. The van der Waals surface area contributed by atoms with E-state index in [0.29, 0.717) is 40.1 Å². The van der Waals surface area contributed by atoms with Gasteiger partial charge in [0.25, 0.3) is 0 Å². The predicted octanol–water partition coefficient (Wildman–Crippen LogP) is 4.46. The van der Waals surface area contributed by atoms with E-state index >= 15 is 0 Å². The lowest BCUT2D eigenvalue weighted by Crippen LogP contribution is -2.11. The maximum atomic E-state index is 14.5. The zero-order valence-electron chi connectivity index (χ0n) is 18.7. The van der Waals surface area contributed by atoms with E-state index in [2.05, 4.69) is 27.2 Å². The van der Waals surface area contributed by atoms with E-state index < -0.39 is 11.9 Å². The largest absolute Gasteiger partial charge is 0.482 e. The highest BCUT2D eigenvalue weighted by Crippen LogP contribution is 2.47. The second-order valence-electron chi connectivity index (χ2n) is 8.62. The first-order chi connectivity index (χ1) is 17.0. The third kappa shape index (κ3) is 3.06. The number of anilines is 1. The molecule has 2 atom stereocenters. The van der Waals surface area contributed by atoms with Gasteiger partial charge in [-0.2, -0.15) is 15.6 Å². The number of nitrogen functional groups attached to an aromatic ring is 1.